The van der Waals surface area contributed by atoms with E-state index in [1.165, 1.54) is 55.1 Å². The Morgan fingerprint density at radius 3 is 2.02 bits per heavy atom. The second-order valence-corrected chi connectivity index (χ2v) is 13.7. The zero-order chi connectivity index (χ0) is 33.5. The first kappa shape index (κ1) is 28.3. The Hall–Kier alpha value is -6.58. The molecule has 51 heavy (non-hydrogen) atoms. The van der Waals surface area contributed by atoms with Crippen LogP contribution >= 0.6 is 0 Å². The zero-order valence-electron chi connectivity index (χ0n) is 27.8. The van der Waals surface area contributed by atoms with Crippen molar-refractivity contribution < 1.29 is 4.42 Å². The van der Waals surface area contributed by atoms with Crippen molar-refractivity contribution in [2.24, 2.45) is 0 Å². The second-order valence-electron chi connectivity index (χ2n) is 13.7. The summed E-state index contributed by atoms with van der Waals surface area (Å²) in [5.74, 6) is 0.323. The molecule has 3 heteroatoms. The van der Waals surface area contributed by atoms with Gasteiger partial charge in [0.15, 0.2) is 0 Å². The van der Waals surface area contributed by atoms with Crippen LogP contribution < -0.4 is 0 Å². The lowest BCUT2D eigenvalue weighted by atomic mass is 9.87. The topological polar surface area (TPSA) is 23.0 Å². The highest BCUT2D eigenvalue weighted by Crippen LogP contribution is 2.41. The smallest absolute Gasteiger partial charge is 0.145 e. The Labute approximate surface area is 294 Å². The molecular formula is C48H32N2O. The van der Waals surface area contributed by atoms with Crippen molar-refractivity contribution in [2.45, 2.75) is 12.3 Å². The van der Waals surface area contributed by atoms with Crippen LogP contribution in [0.4, 0.5) is 0 Å². The van der Waals surface area contributed by atoms with Gasteiger partial charge < -0.3 is 13.6 Å². The highest BCUT2D eigenvalue weighted by molar-refractivity contribution is 6.23. The fourth-order valence-electron chi connectivity index (χ4n) is 8.50. The summed E-state index contributed by atoms with van der Waals surface area (Å²) in [6.07, 6.45) is 8.07. The quantitative estimate of drug-likeness (QED) is 0.186. The fraction of sp³-hybridized carbons (Fsp3) is 0.0417. The van der Waals surface area contributed by atoms with Gasteiger partial charge in [-0.25, -0.2) is 0 Å². The number of hydrogen-bond donors (Lipinski definition) is 0. The van der Waals surface area contributed by atoms with Gasteiger partial charge in [0.1, 0.15) is 11.2 Å². The fourth-order valence-corrected chi connectivity index (χ4v) is 8.50. The molecule has 240 valence electrons. The minimum absolute atomic E-state index is 0.323. The summed E-state index contributed by atoms with van der Waals surface area (Å²) in [5, 5.41) is 7.26. The molecule has 7 aromatic carbocycles. The summed E-state index contributed by atoms with van der Waals surface area (Å²) < 4.78 is 11.3. The first-order valence-corrected chi connectivity index (χ1v) is 17.7. The van der Waals surface area contributed by atoms with E-state index in [0.29, 0.717) is 5.92 Å². The van der Waals surface area contributed by atoms with E-state index in [-0.39, 0.29) is 0 Å². The number of rotatable bonds is 4. The van der Waals surface area contributed by atoms with Crippen LogP contribution in [0.25, 0.3) is 82.5 Å². The highest BCUT2D eigenvalue weighted by Gasteiger charge is 2.20. The van der Waals surface area contributed by atoms with Gasteiger partial charge >= 0.3 is 0 Å². The lowest BCUT2D eigenvalue weighted by Gasteiger charge is -2.18. The summed E-state index contributed by atoms with van der Waals surface area (Å²) in [4.78, 5) is 0. The summed E-state index contributed by atoms with van der Waals surface area (Å²) in [5.41, 5.74) is 12.8. The van der Waals surface area contributed by atoms with Crippen molar-refractivity contribution in [1.82, 2.24) is 9.13 Å². The average Bonchev–Trinajstić information content (AvgIpc) is 3.86. The van der Waals surface area contributed by atoms with Crippen LogP contribution in [-0.2, 0) is 0 Å². The molecule has 0 aliphatic heterocycles. The van der Waals surface area contributed by atoms with E-state index in [1.807, 2.05) is 6.07 Å². The van der Waals surface area contributed by atoms with Crippen molar-refractivity contribution in [3.05, 3.63) is 187 Å². The van der Waals surface area contributed by atoms with E-state index in [0.717, 1.165) is 44.9 Å². The van der Waals surface area contributed by atoms with Crippen LogP contribution in [0.2, 0.25) is 0 Å². The number of nitrogens with zero attached hydrogens (tertiary/aromatic N) is 2. The first-order valence-electron chi connectivity index (χ1n) is 17.7. The molecule has 0 bridgehead atoms. The third-order valence-corrected chi connectivity index (χ3v) is 10.9. The van der Waals surface area contributed by atoms with Crippen LogP contribution in [0.15, 0.2) is 180 Å². The van der Waals surface area contributed by atoms with E-state index in [1.54, 1.807) is 0 Å². The summed E-state index contributed by atoms with van der Waals surface area (Å²) in [6, 6.07) is 56.9. The molecule has 1 atom stereocenters. The summed E-state index contributed by atoms with van der Waals surface area (Å²) in [7, 11) is 0. The predicted molar refractivity (Wildman–Crippen MR) is 213 cm³/mol. The molecule has 3 heterocycles. The molecule has 0 spiro atoms. The molecule has 10 aromatic rings. The van der Waals surface area contributed by atoms with Gasteiger partial charge in [0, 0.05) is 44.2 Å². The number of para-hydroxylation sites is 4. The van der Waals surface area contributed by atoms with Gasteiger partial charge in [-0.15, -0.1) is 0 Å². The van der Waals surface area contributed by atoms with Crippen molar-refractivity contribution in [3.8, 4) is 11.4 Å². The monoisotopic (exact) mass is 652 g/mol. The number of fused-ring (bicyclic) bond motifs is 10. The van der Waals surface area contributed by atoms with Crippen molar-refractivity contribution in [1.29, 1.82) is 0 Å². The number of aromatic nitrogens is 2. The normalized spacial score (nSPS) is 14.8. The third kappa shape index (κ3) is 4.25. The Morgan fingerprint density at radius 1 is 0.490 bits per heavy atom. The number of benzene rings is 7. The molecule has 3 aromatic heterocycles. The number of allylic oxidation sites excluding steroid dienone is 4. The maximum Gasteiger partial charge on any atom is 0.145 e. The van der Waals surface area contributed by atoms with Crippen molar-refractivity contribution in [2.75, 3.05) is 0 Å². The largest absolute Gasteiger partial charge is 0.455 e. The lowest BCUT2D eigenvalue weighted by Crippen LogP contribution is -2.00. The van der Waals surface area contributed by atoms with Crippen LogP contribution in [0.5, 0.6) is 0 Å². The van der Waals surface area contributed by atoms with Crippen molar-refractivity contribution >= 4 is 71.1 Å². The van der Waals surface area contributed by atoms with Crippen LogP contribution in [0, 0.1) is 0 Å². The maximum absolute atomic E-state index is 6.52. The Balaban J connectivity index is 0.964. The van der Waals surface area contributed by atoms with Gasteiger partial charge in [-0.05, 0) is 89.9 Å². The predicted octanol–water partition coefficient (Wildman–Crippen LogP) is 12.9. The Kier molecular flexibility index (Phi) is 6.08. The average molecular weight is 653 g/mol. The molecule has 1 unspecified atom stereocenters. The number of hydrogen-bond acceptors (Lipinski definition) is 1. The second kappa shape index (κ2) is 11.0. The summed E-state index contributed by atoms with van der Waals surface area (Å²) >= 11 is 0. The van der Waals surface area contributed by atoms with Gasteiger partial charge in [-0.3, -0.25) is 0 Å². The van der Waals surface area contributed by atoms with E-state index in [9.17, 15) is 0 Å². The minimum Gasteiger partial charge on any atom is -0.455 e. The van der Waals surface area contributed by atoms with E-state index >= 15 is 0 Å². The molecule has 0 amide bonds. The van der Waals surface area contributed by atoms with Gasteiger partial charge in [0.05, 0.1) is 27.5 Å². The highest BCUT2D eigenvalue weighted by atomic mass is 16.3. The molecule has 0 saturated heterocycles. The van der Waals surface area contributed by atoms with Gasteiger partial charge in [0.2, 0.25) is 0 Å². The minimum atomic E-state index is 0.323. The van der Waals surface area contributed by atoms with Crippen LogP contribution in [0.3, 0.4) is 0 Å². The summed E-state index contributed by atoms with van der Waals surface area (Å²) in [6.45, 7) is 0. The maximum atomic E-state index is 6.52. The Bertz CT molecular complexity index is 3060. The zero-order valence-corrected chi connectivity index (χ0v) is 27.8. The van der Waals surface area contributed by atoms with E-state index in [2.05, 4.69) is 179 Å². The van der Waals surface area contributed by atoms with Gasteiger partial charge in [-0.2, -0.15) is 0 Å². The molecule has 1 aliphatic carbocycles. The SMILES string of the molecule is C1=CC(c2ccc3c(c2)c2ccccc2n3-c2ccccc2)CC=C1c1cccc(-n2c3ccccc3c3c4oc5ccccc5c4ccc32)c1. The van der Waals surface area contributed by atoms with E-state index in [4.69, 9.17) is 4.42 Å². The first-order chi connectivity index (χ1) is 25.3. The van der Waals surface area contributed by atoms with Crippen LogP contribution in [-0.4, -0.2) is 9.13 Å². The van der Waals surface area contributed by atoms with E-state index < -0.39 is 0 Å². The van der Waals surface area contributed by atoms with Gasteiger partial charge in [-0.1, -0.05) is 109 Å². The molecule has 0 fully saturated rings. The lowest BCUT2D eigenvalue weighted by molar-refractivity contribution is 0.673. The molecular weight excluding hydrogens is 621 g/mol. The van der Waals surface area contributed by atoms with Crippen molar-refractivity contribution in [3.63, 3.8) is 0 Å². The molecule has 11 rings (SSSR count). The molecule has 0 radical (unpaired) electrons. The molecule has 0 N–H and O–H groups in total. The van der Waals surface area contributed by atoms with Gasteiger partial charge in [0.25, 0.3) is 0 Å². The standard InChI is InChI=1S/C48H32N2O/c1-2-12-35(13-3-1)49-42-18-7-4-15-37(42)41-30-34(25-27-44(41)49)32-23-21-31(22-24-32)33-11-10-14-36(29-33)50-43-19-8-5-17-40(43)47-45(50)28-26-39-38-16-6-9-20-46(38)51-48(39)47/h1-23,25-30,32H,24H2. The molecule has 3 nitrogen and oxygen atoms in total. The molecule has 0 saturated carbocycles. The molecule has 1 aliphatic rings. The Morgan fingerprint density at radius 2 is 1.18 bits per heavy atom. The third-order valence-electron chi connectivity index (χ3n) is 10.9. The van der Waals surface area contributed by atoms with Crippen LogP contribution in [0.1, 0.15) is 23.5 Å². The number of furan rings is 1.